The van der Waals surface area contributed by atoms with Crippen LogP contribution >= 0.6 is 0 Å². The van der Waals surface area contributed by atoms with Crippen molar-refractivity contribution >= 4 is 29.4 Å². The number of hydrogen-bond donors (Lipinski definition) is 5. The second kappa shape index (κ2) is 8.00. The van der Waals surface area contributed by atoms with Gasteiger partial charge in [-0.3, -0.25) is 0 Å². The van der Waals surface area contributed by atoms with Gasteiger partial charge in [0.15, 0.2) is 5.82 Å². The second-order valence-electron chi connectivity index (χ2n) is 6.77. The van der Waals surface area contributed by atoms with E-state index in [1.54, 1.807) is 12.1 Å². The Morgan fingerprint density at radius 1 is 1.10 bits per heavy atom. The van der Waals surface area contributed by atoms with Crippen LogP contribution in [0.4, 0.5) is 5.95 Å². The number of fused-ring (bicyclic) bond motifs is 1. The van der Waals surface area contributed by atoms with Gasteiger partial charge < -0.3 is 26.1 Å². The highest BCUT2D eigenvalue weighted by Crippen LogP contribution is 2.31. The predicted octanol–water partition coefficient (Wildman–Crippen LogP) is 1.08. The van der Waals surface area contributed by atoms with E-state index >= 15 is 0 Å². The number of benzene rings is 2. The molecule has 0 saturated carbocycles. The molecule has 8 nitrogen and oxygen atoms in total. The van der Waals surface area contributed by atoms with Crippen LogP contribution in [0.1, 0.15) is 16.8 Å². The van der Waals surface area contributed by atoms with Crippen molar-refractivity contribution in [1.82, 2.24) is 19.9 Å². The quantitative estimate of drug-likeness (QED) is 0.312. The van der Waals surface area contributed by atoms with Gasteiger partial charge in [0.25, 0.3) is 0 Å². The molecule has 0 aliphatic heterocycles. The fraction of sp³-hybridized carbons (Fsp3) is 0.150. The van der Waals surface area contributed by atoms with Gasteiger partial charge in [0.2, 0.25) is 5.95 Å². The zero-order chi connectivity index (χ0) is 20.4. The largest absolute Gasteiger partial charge is 0.488 e. The normalized spacial score (nSPS) is 11.0. The molecular formula is C20H21BN6O2. The molecule has 29 heavy (non-hydrogen) atoms. The lowest BCUT2D eigenvalue weighted by atomic mass is 9.80. The summed E-state index contributed by atoms with van der Waals surface area (Å²) in [4.78, 5) is 16.5. The smallest absolute Gasteiger partial charge is 0.423 e. The number of anilines is 1. The standard InChI is InChI=1S/C20H21BN6O2/c1-12-17(16-4-2-3-14(9-22)18(16)26-12)19-24-11-25-20(27-19)23-10-13-5-7-15(8-6-13)21(28)29/h2-8,11,26,28-29H,9-10,22H2,1H3,(H,23,24,25,27). The number of nitrogens with zero attached hydrogens (tertiary/aromatic N) is 3. The van der Waals surface area contributed by atoms with E-state index in [0.717, 1.165) is 33.3 Å². The van der Waals surface area contributed by atoms with E-state index in [1.807, 2.05) is 37.3 Å². The Hall–Kier alpha value is -3.27. The number of nitrogens with two attached hydrogens (primary N) is 1. The first-order valence-corrected chi connectivity index (χ1v) is 9.25. The number of rotatable bonds is 6. The molecule has 0 bridgehead atoms. The van der Waals surface area contributed by atoms with Gasteiger partial charge in [-0.1, -0.05) is 42.5 Å². The van der Waals surface area contributed by atoms with Gasteiger partial charge >= 0.3 is 7.12 Å². The topological polar surface area (TPSA) is 133 Å². The van der Waals surface area contributed by atoms with Gasteiger partial charge in [-0.15, -0.1) is 0 Å². The molecule has 0 fully saturated rings. The summed E-state index contributed by atoms with van der Waals surface area (Å²) in [5.74, 6) is 1.05. The highest BCUT2D eigenvalue weighted by Gasteiger charge is 2.15. The Kier molecular flexibility index (Phi) is 5.26. The Balaban J connectivity index is 1.59. The van der Waals surface area contributed by atoms with Crippen molar-refractivity contribution < 1.29 is 10.0 Å². The van der Waals surface area contributed by atoms with Crippen molar-refractivity contribution in [3.63, 3.8) is 0 Å². The zero-order valence-electron chi connectivity index (χ0n) is 15.9. The minimum Gasteiger partial charge on any atom is -0.423 e. The van der Waals surface area contributed by atoms with Crippen molar-refractivity contribution in [2.24, 2.45) is 5.73 Å². The van der Waals surface area contributed by atoms with Gasteiger partial charge in [0, 0.05) is 29.7 Å². The number of para-hydroxylation sites is 1. The van der Waals surface area contributed by atoms with Crippen LogP contribution in [0.5, 0.6) is 0 Å². The van der Waals surface area contributed by atoms with E-state index < -0.39 is 7.12 Å². The Bertz CT molecular complexity index is 1140. The molecule has 146 valence electrons. The van der Waals surface area contributed by atoms with Crippen LogP contribution in [0.2, 0.25) is 0 Å². The molecule has 0 spiro atoms. The molecule has 0 unspecified atom stereocenters. The van der Waals surface area contributed by atoms with Crippen LogP contribution in [0.25, 0.3) is 22.3 Å². The summed E-state index contributed by atoms with van der Waals surface area (Å²) < 4.78 is 0. The van der Waals surface area contributed by atoms with Gasteiger partial charge in [-0.05, 0) is 23.5 Å². The van der Waals surface area contributed by atoms with Gasteiger partial charge in [0.05, 0.1) is 5.52 Å². The molecule has 0 aliphatic rings. The summed E-state index contributed by atoms with van der Waals surface area (Å²) >= 11 is 0. The fourth-order valence-electron chi connectivity index (χ4n) is 3.36. The summed E-state index contributed by atoms with van der Waals surface area (Å²) in [5, 5.41) is 22.6. The number of nitrogens with one attached hydrogen (secondary N) is 2. The number of hydrogen-bond acceptors (Lipinski definition) is 7. The SMILES string of the molecule is Cc1[nH]c2c(CN)cccc2c1-c1ncnc(NCc2ccc(B(O)O)cc2)n1. The lowest BCUT2D eigenvalue weighted by molar-refractivity contribution is 0.426. The van der Waals surface area contributed by atoms with E-state index in [9.17, 15) is 10.0 Å². The van der Waals surface area contributed by atoms with E-state index in [2.05, 4.69) is 25.3 Å². The maximum atomic E-state index is 9.18. The monoisotopic (exact) mass is 388 g/mol. The van der Waals surface area contributed by atoms with Crippen LogP contribution in [0, 0.1) is 6.92 Å². The van der Waals surface area contributed by atoms with Gasteiger partial charge in [0.1, 0.15) is 6.33 Å². The molecule has 0 amide bonds. The third-order valence-electron chi connectivity index (χ3n) is 4.85. The van der Waals surface area contributed by atoms with Crippen LogP contribution in [-0.2, 0) is 13.1 Å². The van der Waals surface area contributed by atoms with Crippen LogP contribution in [0.15, 0.2) is 48.8 Å². The number of aryl methyl sites for hydroxylation is 1. The molecule has 4 aromatic rings. The van der Waals surface area contributed by atoms with Crippen LogP contribution in [-0.4, -0.2) is 37.1 Å². The molecule has 2 heterocycles. The lowest BCUT2D eigenvalue weighted by Gasteiger charge is -2.07. The molecule has 2 aromatic heterocycles. The van der Waals surface area contributed by atoms with E-state index in [-0.39, 0.29) is 0 Å². The molecule has 0 radical (unpaired) electrons. The van der Waals surface area contributed by atoms with Crippen LogP contribution in [0.3, 0.4) is 0 Å². The Morgan fingerprint density at radius 2 is 1.90 bits per heavy atom. The van der Waals surface area contributed by atoms with Crippen molar-refractivity contribution in [3.05, 3.63) is 65.6 Å². The zero-order valence-corrected chi connectivity index (χ0v) is 15.9. The Labute approximate surface area is 168 Å². The number of H-pyrrole nitrogens is 1. The number of aromatic amines is 1. The molecule has 0 aliphatic carbocycles. The highest BCUT2D eigenvalue weighted by molar-refractivity contribution is 6.58. The van der Waals surface area contributed by atoms with Crippen molar-refractivity contribution in [2.45, 2.75) is 20.0 Å². The average molecular weight is 388 g/mol. The van der Waals surface area contributed by atoms with E-state index in [0.29, 0.717) is 30.3 Å². The van der Waals surface area contributed by atoms with Gasteiger partial charge in [-0.25, -0.2) is 9.97 Å². The third kappa shape index (κ3) is 3.84. The van der Waals surface area contributed by atoms with Crippen LogP contribution < -0.4 is 16.5 Å². The second-order valence-corrected chi connectivity index (χ2v) is 6.77. The maximum absolute atomic E-state index is 9.18. The lowest BCUT2D eigenvalue weighted by Crippen LogP contribution is -2.29. The minimum atomic E-state index is -1.47. The van der Waals surface area contributed by atoms with Crippen molar-refractivity contribution in [2.75, 3.05) is 5.32 Å². The molecule has 6 N–H and O–H groups in total. The summed E-state index contributed by atoms with van der Waals surface area (Å²) in [6, 6.07) is 13.0. The Morgan fingerprint density at radius 3 is 2.62 bits per heavy atom. The maximum Gasteiger partial charge on any atom is 0.488 e. The summed E-state index contributed by atoms with van der Waals surface area (Å²) in [6.45, 7) is 2.94. The van der Waals surface area contributed by atoms with E-state index in [4.69, 9.17) is 5.73 Å². The van der Waals surface area contributed by atoms with E-state index in [1.165, 1.54) is 6.33 Å². The first-order valence-electron chi connectivity index (χ1n) is 9.25. The molecular weight excluding hydrogens is 367 g/mol. The minimum absolute atomic E-state index is 0.447. The predicted molar refractivity (Wildman–Crippen MR) is 113 cm³/mol. The summed E-state index contributed by atoms with van der Waals surface area (Å²) in [6.07, 6.45) is 1.49. The first kappa shape index (κ1) is 19.1. The molecule has 9 heteroatoms. The highest BCUT2D eigenvalue weighted by atomic mass is 16.4. The summed E-state index contributed by atoms with van der Waals surface area (Å²) in [5.41, 5.74) is 11.2. The van der Waals surface area contributed by atoms with Crippen molar-refractivity contribution in [3.8, 4) is 11.4 Å². The summed E-state index contributed by atoms with van der Waals surface area (Å²) in [7, 11) is -1.47. The molecule has 0 saturated heterocycles. The first-order chi connectivity index (χ1) is 14.1. The number of aromatic nitrogens is 4. The van der Waals surface area contributed by atoms with Crippen molar-refractivity contribution in [1.29, 1.82) is 0 Å². The van der Waals surface area contributed by atoms with Gasteiger partial charge in [-0.2, -0.15) is 4.98 Å². The molecule has 0 atom stereocenters. The molecule has 4 rings (SSSR count). The third-order valence-corrected chi connectivity index (χ3v) is 4.85. The molecule has 2 aromatic carbocycles. The fourth-order valence-corrected chi connectivity index (χ4v) is 3.36. The average Bonchev–Trinajstić information content (AvgIpc) is 3.08.